The fourth-order valence-electron chi connectivity index (χ4n) is 1.10. The van der Waals surface area contributed by atoms with Crippen LogP contribution >= 0.6 is 0 Å². The molecule has 1 aliphatic heterocycles. The van der Waals surface area contributed by atoms with Gasteiger partial charge in [0, 0.05) is 26.0 Å². The number of carboxylic acids is 2. The van der Waals surface area contributed by atoms with Crippen molar-refractivity contribution < 1.29 is 30.0 Å². The van der Waals surface area contributed by atoms with Gasteiger partial charge in [-0.3, -0.25) is 0 Å². The van der Waals surface area contributed by atoms with Gasteiger partial charge in [0.25, 0.3) is 0 Å². The van der Waals surface area contributed by atoms with Crippen LogP contribution in [0.25, 0.3) is 0 Å². The maximum atomic E-state index is 9.34. The summed E-state index contributed by atoms with van der Waals surface area (Å²) in [5.41, 5.74) is 0. The fraction of sp³-hybridized carbons (Fsp3) is 0.714. The first-order valence-electron chi connectivity index (χ1n) is 7.02. The minimum Gasteiger partial charge on any atom is -0.547 e. The Morgan fingerprint density at radius 2 is 1.52 bits per heavy atom. The second-order valence-corrected chi connectivity index (χ2v) is 4.85. The summed E-state index contributed by atoms with van der Waals surface area (Å²) in [6.07, 6.45) is 4.19. The Hall–Kier alpha value is -1.03. The molecule has 23 heavy (non-hydrogen) atoms. The average Bonchev–Trinajstić information content (AvgIpc) is 2.83. The van der Waals surface area contributed by atoms with Crippen LogP contribution in [0.4, 0.5) is 0 Å². The van der Waals surface area contributed by atoms with E-state index in [-0.39, 0.29) is 23.1 Å². The zero-order valence-corrected chi connectivity index (χ0v) is 15.7. The van der Waals surface area contributed by atoms with Gasteiger partial charge >= 0.3 is 23.1 Å². The summed E-state index contributed by atoms with van der Waals surface area (Å²) in [6, 6.07) is 0. The summed E-state index contributed by atoms with van der Waals surface area (Å²) in [6.45, 7) is 6.77. The molecule has 0 aromatic rings. The van der Waals surface area contributed by atoms with Gasteiger partial charge in [-0.1, -0.05) is 13.3 Å². The number of carboxylic acid groups (broad SMARTS) is 2. The van der Waals surface area contributed by atoms with Crippen molar-refractivity contribution >= 4 is 35.0 Å². The van der Waals surface area contributed by atoms with Gasteiger partial charge in [0.15, 0.2) is 0 Å². The molecule has 0 fully saturated rings. The Kier molecular flexibility index (Phi) is 18.5. The topological polar surface area (TPSA) is 127 Å². The van der Waals surface area contributed by atoms with Gasteiger partial charge in [-0.25, -0.2) is 0 Å². The maximum Gasteiger partial charge on any atom is 2.00 e. The summed E-state index contributed by atoms with van der Waals surface area (Å²) in [4.78, 5) is 23.2. The van der Waals surface area contributed by atoms with E-state index in [4.69, 9.17) is 10.2 Å². The van der Waals surface area contributed by atoms with Crippen LogP contribution in [0.5, 0.6) is 0 Å². The van der Waals surface area contributed by atoms with Crippen molar-refractivity contribution in [2.24, 2.45) is 0 Å². The predicted molar refractivity (Wildman–Crippen MR) is 82.5 cm³/mol. The van der Waals surface area contributed by atoms with Gasteiger partial charge in [0.2, 0.25) is 0 Å². The molecule has 0 aromatic carbocycles. The largest absolute Gasteiger partial charge is 2.00 e. The molecule has 8 nitrogen and oxygen atoms in total. The number of unbranched alkanes of at least 4 members (excludes halogenated alkanes) is 1. The number of carbonyl (C=O) groups excluding carboxylic acids is 2. The molecule has 1 aliphatic rings. The van der Waals surface area contributed by atoms with E-state index in [1.807, 2.05) is 0 Å². The molecule has 0 saturated heterocycles. The van der Waals surface area contributed by atoms with Crippen molar-refractivity contribution in [3.8, 4) is 0 Å². The van der Waals surface area contributed by atoms with Crippen molar-refractivity contribution in [2.45, 2.75) is 45.8 Å². The number of aliphatic hydroxyl groups is 2. The van der Waals surface area contributed by atoms with Crippen LogP contribution in [0.2, 0.25) is 0 Å². The predicted octanol–water partition coefficient (Wildman–Crippen LogP) is -2.68. The van der Waals surface area contributed by atoms with Crippen LogP contribution in [-0.2, 0) is 9.59 Å². The molecule has 0 bridgehead atoms. The van der Waals surface area contributed by atoms with Gasteiger partial charge in [0.05, 0.1) is 30.8 Å². The van der Waals surface area contributed by atoms with Gasteiger partial charge < -0.3 is 39.8 Å². The molecule has 1 rings (SSSR count). The molecular weight excluding hydrogens is 316 g/mol. The molecule has 0 aromatic heterocycles. The Bertz CT molecular complexity index is 332. The Labute approximate surface area is 153 Å². The maximum absolute atomic E-state index is 9.34. The number of aliphatic carboxylic acids is 2. The first-order valence-corrected chi connectivity index (χ1v) is 7.02. The number of rotatable bonds is 5. The second kappa shape index (κ2) is 15.8. The molecule has 9 heteroatoms. The minimum atomic E-state index is -1.44. The minimum absolute atomic E-state index is 0. The molecule has 0 aliphatic carbocycles. The summed E-state index contributed by atoms with van der Waals surface area (Å²) in [7, 11) is 2.10. The van der Waals surface area contributed by atoms with Crippen LogP contribution in [0.3, 0.4) is 0 Å². The molecule has 0 amide bonds. The van der Waals surface area contributed by atoms with E-state index in [1.165, 1.54) is 19.4 Å². The van der Waals surface area contributed by atoms with Crippen molar-refractivity contribution in [1.29, 1.82) is 0 Å². The molecule has 130 valence electrons. The smallest absolute Gasteiger partial charge is 0.547 e. The van der Waals surface area contributed by atoms with E-state index in [0.29, 0.717) is 0 Å². The van der Waals surface area contributed by atoms with Crippen molar-refractivity contribution in [3.05, 3.63) is 12.4 Å². The van der Waals surface area contributed by atoms with E-state index in [0.717, 1.165) is 20.5 Å². The zero-order valence-electron chi connectivity index (χ0n) is 14.3. The Balaban J connectivity index is -0.000000271. The summed E-state index contributed by atoms with van der Waals surface area (Å²) in [5.74, 6) is -2.87. The Morgan fingerprint density at radius 1 is 1.13 bits per heavy atom. The van der Waals surface area contributed by atoms with Crippen LogP contribution < -0.4 is 10.2 Å². The first-order chi connectivity index (χ1) is 10.1. The summed E-state index contributed by atoms with van der Waals surface area (Å²) >= 11 is 0. The third-order valence-corrected chi connectivity index (χ3v) is 2.42. The molecular formula is C14H26MgN2O6. The average molecular weight is 343 g/mol. The number of hydrogen-bond acceptors (Lipinski definition) is 8. The van der Waals surface area contributed by atoms with E-state index >= 15 is 0 Å². The van der Waals surface area contributed by atoms with E-state index in [1.54, 1.807) is 0 Å². The number of aliphatic hydroxyl groups excluding tert-OH is 2. The summed E-state index contributed by atoms with van der Waals surface area (Å²) in [5, 5.41) is 34.6. The Morgan fingerprint density at radius 3 is 1.74 bits per heavy atom. The molecule has 0 spiro atoms. The van der Waals surface area contributed by atoms with Crippen LogP contribution in [-0.4, -0.2) is 87.5 Å². The van der Waals surface area contributed by atoms with Gasteiger partial charge in [-0.05, 0) is 20.3 Å². The van der Waals surface area contributed by atoms with Gasteiger partial charge in [0.1, 0.15) is 0 Å². The molecule has 0 saturated carbocycles. The van der Waals surface area contributed by atoms with E-state index in [9.17, 15) is 19.8 Å². The molecule has 2 N–H and O–H groups in total. The number of hydrogen-bond donors (Lipinski definition) is 2. The monoisotopic (exact) mass is 342 g/mol. The first kappa shape index (κ1) is 26.8. The van der Waals surface area contributed by atoms with E-state index in [2.05, 4.69) is 36.2 Å². The van der Waals surface area contributed by atoms with Gasteiger partial charge in [-0.2, -0.15) is 0 Å². The molecule has 2 unspecified atom stereocenters. The SMILES string of the molecule is CC(O)C(=O)[O-].CC(O)C(=O)[O-].CCCCN1C=CN(C)C1.[Mg+2]. The normalized spacial score (nSPS) is 14.5. The van der Waals surface area contributed by atoms with Crippen LogP contribution in [0, 0.1) is 0 Å². The third kappa shape index (κ3) is 18.9. The fourth-order valence-corrected chi connectivity index (χ4v) is 1.10. The molecule has 0 radical (unpaired) electrons. The van der Waals surface area contributed by atoms with Crippen LogP contribution in [0.1, 0.15) is 33.6 Å². The van der Waals surface area contributed by atoms with Crippen molar-refractivity contribution in [3.63, 3.8) is 0 Å². The van der Waals surface area contributed by atoms with E-state index < -0.39 is 24.1 Å². The number of carbonyl (C=O) groups is 2. The standard InChI is InChI=1S/C8H16N2.2C3H6O3.Mg/c1-3-4-5-10-7-6-9(2)8-10;2*1-2(4)3(5)6;/h6-7H,3-5,8H2,1-2H3;2*2,4H,1H3,(H,5,6);/q;;;+2/p-2. The molecule has 2 atom stereocenters. The second-order valence-electron chi connectivity index (χ2n) is 4.85. The van der Waals surface area contributed by atoms with Crippen LogP contribution in [0.15, 0.2) is 12.4 Å². The van der Waals surface area contributed by atoms with Gasteiger partial charge in [-0.15, -0.1) is 0 Å². The number of nitrogens with zero attached hydrogens (tertiary/aromatic N) is 2. The quantitative estimate of drug-likeness (QED) is 0.517. The molecule has 1 heterocycles. The van der Waals surface area contributed by atoms with Crippen molar-refractivity contribution in [1.82, 2.24) is 9.80 Å². The van der Waals surface area contributed by atoms with Crippen molar-refractivity contribution in [2.75, 3.05) is 20.3 Å². The zero-order chi connectivity index (χ0) is 17.7. The third-order valence-electron chi connectivity index (χ3n) is 2.42. The summed E-state index contributed by atoms with van der Waals surface area (Å²) < 4.78 is 0.